The molecule has 1 aromatic carbocycles. The van der Waals surface area contributed by atoms with Gasteiger partial charge in [-0.1, -0.05) is 6.07 Å². The lowest BCUT2D eigenvalue weighted by Crippen LogP contribution is -2.14. The van der Waals surface area contributed by atoms with Crippen LogP contribution in [0.5, 0.6) is 5.75 Å². The number of esters is 1. The van der Waals surface area contributed by atoms with Crippen molar-refractivity contribution in [2.24, 2.45) is 0 Å². The molecular weight excluding hydrogens is 278 g/mol. The van der Waals surface area contributed by atoms with Gasteiger partial charge in [0.05, 0.1) is 14.2 Å². The van der Waals surface area contributed by atoms with E-state index >= 15 is 0 Å². The summed E-state index contributed by atoms with van der Waals surface area (Å²) in [6, 6.07) is 5.54. The zero-order valence-electron chi connectivity index (χ0n) is 12.3. The Bertz CT molecular complexity index is 502. The van der Waals surface area contributed by atoms with Crippen LogP contribution in [0, 0.1) is 17.0 Å². The van der Waals surface area contributed by atoms with Crippen LogP contribution in [0.1, 0.15) is 29.9 Å². The molecule has 116 valence electrons. The van der Waals surface area contributed by atoms with Crippen molar-refractivity contribution in [1.82, 2.24) is 0 Å². The van der Waals surface area contributed by atoms with Gasteiger partial charge in [0, 0.05) is 12.3 Å². The molecule has 0 aromatic heterocycles. The molecule has 0 saturated carbocycles. The van der Waals surface area contributed by atoms with Crippen LogP contribution in [0.25, 0.3) is 0 Å². The minimum Gasteiger partial charge on any atom is -0.497 e. The Hall–Kier alpha value is -2.31. The fourth-order valence-corrected chi connectivity index (χ4v) is 2.02. The Morgan fingerprint density at radius 2 is 2.05 bits per heavy atom. The van der Waals surface area contributed by atoms with Gasteiger partial charge in [-0.3, -0.25) is 4.79 Å². The van der Waals surface area contributed by atoms with Gasteiger partial charge >= 0.3 is 5.97 Å². The molecule has 0 saturated heterocycles. The van der Waals surface area contributed by atoms with E-state index < -0.39 is 5.09 Å². The van der Waals surface area contributed by atoms with E-state index in [1.54, 1.807) is 13.2 Å². The third-order valence-corrected chi connectivity index (χ3v) is 3.09. The summed E-state index contributed by atoms with van der Waals surface area (Å²) in [5.74, 6) is 0.0122. The molecule has 1 aromatic rings. The molecule has 0 N–H and O–H groups in total. The average molecular weight is 297 g/mol. The molecule has 0 aliphatic heterocycles. The maximum atomic E-state index is 11.3. The minimum absolute atomic E-state index is 0.114. The normalized spacial score (nSPS) is 11.6. The van der Waals surface area contributed by atoms with E-state index in [0.29, 0.717) is 12.2 Å². The summed E-state index contributed by atoms with van der Waals surface area (Å²) in [4.78, 5) is 26.1. The SMILES string of the molecule is COC(=O)CCC(CO[N+](=O)[O-])c1cc(C)cc(OC)c1. The summed E-state index contributed by atoms with van der Waals surface area (Å²) in [6.45, 7) is 1.79. The number of nitrogens with zero attached hydrogens (tertiary/aromatic N) is 1. The Morgan fingerprint density at radius 3 is 2.62 bits per heavy atom. The second-order valence-electron chi connectivity index (χ2n) is 4.61. The van der Waals surface area contributed by atoms with Gasteiger partial charge in [0.1, 0.15) is 12.4 Å². The third-order valence-electron chi connectivity index (χ3n) is 3.09. The number of carbonyl (C=O) groups excluding carboxylic acids is 1. The molecule has 1 unspecified atom stereocenters. The Balaban J connectivity index is 2.90. The van der Waals surface area contributed by atoms with E-state index in [4.69, 9.17) is 4.74 Å². The molecule has 0 spiro atoms. The number of carbonyl (C=O) groups is 1. The van der Waals surface area contributed by atoms with Gasteiger partial charge in [-0.05, 0) is 36.6 Å². The molecule has 21 heavy (non-hydrogen) atoms. The lowest BCUT2D eigenvalue weighted by atomic mass is 9.93. The van der Waals surface area contributed by atoms with Crippen LogP contribution in [0.15, 0.2) is 18.2 Å². The van der Waals surface area contributed by atoms with Crippen LogP contribution in [0.3, 0.4) is 0 Å². The van der Waals surface area contributed by atoms with E-state index in [1.165, 1.54) is 7.11 Å². The second-order valence-corrected chi connectivity index (χ2v) is 4.61. The fourth-order valence-electron chi connectivity index (χ4n) is 2.02. The van der Waals surface area contributed by atoms with Gasteiger partial charge in [-0.15, -0.1) is 10.1 Å². The summed E-state index contributed by atoms with van der Waals surface area (Å²) in [5.41, 5.74) is 1.80. The van der Waals surface area contributed by atoms with Crippen LogP contribution < -0.4 is 4.74 Å². The van der Waals surface area contributed by atoms with Crippen LogP contribution in [-0.2, 0) is 14.4 Å². The zero-order valence-corrected chi connectivity index (χ0v) is 12.3. The lowest BCUT2D eigenvalue weighted by molar-refractivity contribution is -0.758. The van der Waals surface area contributed by atoms with E-state index in [1.807, 2.05) is 19.1 Å². The Labute approximate surface area is 122 Å². The highest BCUT2D eigenvalue weighted by molar-refractivity contribution is 5.69. The smallest absolute Gasteiger partial charge is 0.305 e. The quantitative estimate of drug-likeness (QED) is 0.415. The summed E-state index contributed by atoms with van der Waals surface area (Å²) in [7, 11) is 2.86. The first kappa shape index (κ1) is 16.7. The maximum absolute atomic E-state index is 11.3. The highest BCUT2D eigenvalue weighted by atomic mass is 16.9. The molecule has 0 aliphatic rings. The standard InChI is InChI=1S/C14H19NO6/c1-10-6-12(8-13(7-10)19-2)11(9-21-15(17)18)4-5-14(16)20-3/h6-8,11H,4-5,9H2,1-3H3. The predicted molar refractivity (Wildman–Crippen MR) is 74.7 cm³/mol. The van der Waals surface area contributed by atoms with E-state index in [-0.39, 0.29) is 24.9 Å². The summed E-state index contributed by atoms with van der Waals surface area (Å²) in [6.07, 6.45) is 0.561. The lowest BCUT2D eigenvalue weighted by Gasteiger charge is -2.17. The molecule has 0 aliphatic carbocycles. The van der Waals surface area contributed by atoms with Crippen molar-refractivity contribution in [2.75, 3.05) is 20.8 Å². The third kappa shape index (κ3) is 5.68. The number of aryl methyl sites for hydroxylation is 1. The average Bonchev–Trinajstić information content (AvgIpc) is 2.45. The Kier molecular flexibility index (Phi) is 6.45. The molecule has 7 heteroatoms. The van der Waals surface area contributed by atoms with Crippen molar-refractivity contribution < 1.29 is 24.2 Å². The van der Waals surface area contributed by atoms with Gasteiger partial charge < -0.3 is 14.3 Å². The molecule has 0 heterocycles. The van der Waals surface area contributed by atoms with Gasteiger partial charge in [-0.25, -0.2) is 0 Å². The zero-order chi connectivity index (χ0) is 15.8. The first-order valence-electron chi connectivity index (χ1n) is 6.46. The number of hydrogen-bond donors (Lipinski definition) is 0. The van der Waals surface area contributed by atoms with Gasteiger partial charge in [0.15, 0.2) is 0 Å². The van der Waals surface area contributed by atoms with Crippen LogP contribution >= 0.6 is 0 Å². The van der Waals surface area contributed by atoms with E-state index in [2.05, 4.69) is 9.57 Å². The number of methoxy groups -OCH3 is 2. The Morgan fingerprint density at radius 1 is 1.33 bits per heavy atom. The van der Waals surface area contributed by atoms with Crippen molar-refractivity contribution in [3.05, 3.63) is 39.4 Å². The second kappa shape index (κ2) is 8.08. The highest BCUT2D eigenvalue weighted by Gasteiger charge is 2.17. The largest absolute Gasteiger partial charge is 0.497 e. The van der Waals surface area contributed by atoms with Crippen molar-refractivity contribution in [3.63, 3.8) is 0 Å². The monoisotopic (exact) mass is 297 g/mol. The number of rotatable bonds is 8. The van der Waals surface area contributed by atoms with Gasteiger partial charge in [0.2, 0.25) is 0 Å². The van der Waals surface area contributed by atoms with E-state index in [9.17, 15) is 14.9 Å². The van der Waals surface area contributed by atoms with Crippen LogP contribution in [0.4, 0.5) is 0 Å². The van der Waals surface area contributed by atoms with Crippen molar-refractivity contribution >= 4 is 5.97 Å². The number of ether oxygens (including phenoxy) is 2. The van der Waals surface area contributed by atoms with Gasteiger partial charge in [-0.2, -0.15) is 0 Å². The predicted octanol–water partition coefficient (Wildman–Crippen LogP) is 2.25. The van der Waals surface area contributed by atoms with Crippen LogP contribution in [0.2, 0.25) is 0 Å². The minimum atomic E-state index is -0.835. The number of benzene rings is 1. The molecule has 1 rings (SSSR count). The molecule has 7 nitrogen and oxygen atoms in total. The van der Waals surface area contributed by atoms with Crippen LogP contribution in [-0.4, -0.2) is 31.9 Å². The molecular formula is C14H19NO6. The molecule has 1 atom stereocenters. The summed E-state index contributed by atoms with van der Waals surface area (Å²) in [5, 5.41) is 9.55. The number of hydrogen-bond acceptors (Lipinski definition) is 6. The van der Waals surface area contributed by atoms with Crippen molar-refractivity contribution in [1.29, 1.82) is 0 Å². The van der Waals surface area contributed by atoms with Crippen molar-refractivity contribution in [2.45, 2.75) is 25.7 Å². The molecule has 0 fully saturated rings. The first-order valence-corrected chi connectivity index (χ1v) is 6.46. The molecule has 0 radical (unpaired) electrons. The fraction of sp³-hybridized carbons (Fsp3) is 0.500. The topological polar surface area (TPSA) is 87.9 Å². The van der Waals surface area contributed by atoms with Crippen molar-refractivity contribution in [3.8, 4) is 5.75 Å². The highest BCUT2D eigenvalue weighted by Crippen LogP contribution is 2.27. The maximum Gasteiger partial charge on any atom is 0.305 e. The van der Waals surface area contributed by atoms with Gasteiger partial charge in [0.25, 0.3) is 5.09 Å². The van der Waals surface area contributed by atoms with E-state index in [0.717, 1.165) is 11.1 Å². The summed E-state index contributed by atoms with van der Waals surface area (Å²) >= 11 is 0. The first-order chi connectivity index (χ1) is 9.96. The molecule has 0 amide bonds. The summed E-state index contributed by atoms with van der Waals surface area (Å²) < 4.78 is 9.78. The molecule has 0 bridgehead atoms.